The average molecular weight is 438 g/mol. The number of fused-ring (bicyclic) bond motifs is 2. The molecule has 2 aliphatic carbocycles. The Kier molecular flexibility index (Phi) is 4.65. The Morgan fingerprint density at radius 1 is 0.731 bits per heavy atom. The van der Waals surface area contributed by atoms with E-state index < -0.39 is 22.8 Å². The average Bonchev–Trinajstić information content (AvgIpc) is 3.30. The molecule has 0 aromatic heterocycles. The number of allylic oxidation sites excluding steroid dienone is 2. The summed E-state index contributed by atoms with van der Waals surface area (Å²) in [5.74, 6) is 0. The third-order valence-corrected chi connectivity index (χ3v) is 55.8. The molecule has 0 saturated carbocycles. The van der Waals surface area contributed by atoms with Gasteiger partial charge in [-0.25, -0.2) is 0 Å². The van der Waals surface area contributed by atoms with Gasteiger partial charge in [-0.05, 0) is 0 Å². The standard InChI is InChI=1S/2C9H7.C2H6Si.2C2H5.Zr/c2*1-2-5-9-7-3-6-8(9)4-1;1-3-2;2*1-2;/h2*1-7H;1-2H3;2*1H2,2H3;. The van der Waals surface area contributed by atoms with Crippen molar-refractivity contribution >= 4 is 17.6 Å². The Hall–Kier alpha value is -0.980. The second-order valence-corrected chi connectivity index (χ2v) is 41.2. The molecule has 26 heavy (non-hydrogen) atoms. The van der Waals surface area contributed by atoms with Crippen LogP contribution in [0.4, 0.5) is 0 Å². The van der Waals surface area contributed by atoms with E-state index in [4.69, 9.17) is 0 Å². The van der Waals surface area contributed by atoms with Crippen molar-refractivity contribution < 1.29 is 17.4 Å². The minimum absolute atomic E-state index is 0.435. The summed E-state index contributed by atoms with van der Waals surface area (Å²) >= 11 is -3.27. The molecule has 2 aromatic carbocycles. The normalized spacial score (nSPS) is 21.0. The molecule has 0 fully saturated rings. The van der Waals surface area contributed by atoms with Crippen molar-refractivity contribution in [3.63, 3.8) is 0 Å². The van der Waals surface area contributed by atoms with E-state index in [2.05, 4.69) is 99.8 Å². The Labute approximate surface area is 159 Å². The van der Waals surface area contributed by atoms with Crippen molar-refractivity contribution in [2.45, 2.75) is 42.5 Å². The number of hydrogen-bond donors (Lipinski definition) is 0. The third kappa shape index (κ3) is 2.21. The fourth-order valence-electron chi connectivity index (χ4n) is 6.41. The summed E-state index contributed by atoms with van der Waals surface area (Å²) in [5, 5.41) is 0. The van der Waals surface area contributed by atoms with E-state index in [1.807, 2.05) is 0 Å². The van der Waals surface area contributed by atoms with Crippen molar-refractivity contribution in [3.8, 4) is 0 Å². The van der Waals surface area contributed by atoms with Gasteiger partial charge in [-0.2, -0.15) is 0 Å². The van der Waals surface area contributed by atoms with Crippen LogP contribution in [0.5, 0.6) is 0 Å². The molecule has 2 aromatic rings. The van der Waals surface area contributed by atoms with Gasteiger partial charge in [0.2, 0.25) is 0 Å². The quantitative estimate of drug-likeness (QED) is 0.439. The molecule has 2 heteroatoms. The maximum atomic E-state index is 2.65. The van der Waals surface area contributed by atoms with E-state index in [0.29, 0.717) is 7.25 Å². The first-order valence-electron chi connectivity index (χ1n) is 10.1. The molecule has 2 atom stereocenters. The molecular formula is C24H30SiZr. The molecule has 0 radical (unpaired) electrons. The summed E-state index contributed by atoms with van der Waals surface area (Å²) < 4.78 is 4.25. The van der Waals surface area contributed by atoms with E-state index in [1.165, 1.54) is 19.4 Å². The van der Waals surface area contributed by atoms with E-state index in [-0.39, 0.29) is 0 Å². The first-order chi connectivity index (χ1) is 12.6. The predicted octanol–water partition coefficient (Wildman–Crippen LogP) is 7.34. The Bertz CT molecular complexity index is 913. The topological polar surface area (TPSA) is 0 Å². The van der Waals surface area contributed by atoms with Crippen LogP contribution >= 0.6 is 0 Å². The predicted molar refractivity (Wildman–Crippen MR) is 115 cm³/mol. The van der Waals surface area contributed by atoms with Gasteiger partial charge < -0.3 is 0 Å². The van der Waals surface area contributed by atoms with Crippen LogP contribution in [0.3, 0.4) is 0 Å². The van der Waals surface area contributed by atoms with Gasteiger partial charge >= 0.3 is 160 Å². The van der Waals surface area contributed by atoms with Gasteiger partial charge in [0.15, 0.2) is 0 Å². The summed E-state index contributed by atoms with van der Waals surface area (Å²) in [5.41, 5.74) is 5.77. The zero-order chi connectivity index (χ0) is 18.4. The van der Waals surface area contributed by atoms with Crippen LogP contribution < -0.4 is 0 Å². The molecule has 0 N–H and O–H groups in total. The fraction of sp³-hybridized carbons (Fsp3) is 0.333. The second kappa shape index (κ2) is 6.57. The van der Waals surface area contributed by atoms with Gasteiger partial charge in [-0.1, -0.05) is 0 Å². The molecular weight excluding hydrogens is 408 g/mol. The van der Waals surface area contributed by atoms with Gasteiger partial charge in [0.1, 0.15) is 0 Å². The van der Waals surface area contributed by atoms with Gasteiger partial charge in [0.25, 0.3) is 0 Å². The maximum absolute atomic E-state index is 3.27. The summed E-state index contributed by atoms with van der Waals surface area (Å²) in [7, 11) is 0. The van der Waals surface area contributed by atoms with Crippen molar-refractivity contribution in [1.29, 1.82) is 0 Å². The minimum atomic E-state index is -3.27. The monoisotopic (exact) mass is 436 g/mol. The molecule has 0 bridgehead atoms. The third-order valence-electron chi connectivity index (χ3n) is 8.10. The van der Waals surface area contributed by atoms with Crippen molar-refractivity contribution in [2.24, 2.45) is 0 Å². The Morgan fingerprint density at radius 2 is 1.15 bits per heavy atom. The Balaban J connectivity index is 2.06. The summed E-state index contributed by atoms with van der Waals surface area (Å²) in [4.78, 5) is 0. The fourth-order valence-corrected chi connectivity index (χ4v) is 46.1. The molecule has 0 aliphatic heterocycles. The van der Waals surface area contributed by atoms with E-state index in [1.54, 1.807) is 11.1 Å². The second-order valence-electron chi connectivity index (χ2n) is 8.51. The van der Waals surface area contributed by atoms with Gasteiger partial charge in [0.05, 0.1) is 0 Å². The molecule has 4 rings (SSSR count). The first kappa shape index (κ1) is 18.4. The molecule has 134 valence electrons. The van der Waals surface area contributed by atoms with Crippen LogP contribution in [0.1, 0.15) is 43.4 Å². The molecule has 2 unspecified atom stereocenters. The van der Waals surface area contributed by atoms with Gasteiger partial charge in [-0.15, -0.1) is 0 Å². The number of rotatable bonds is 4. The molecule has 0 saturated heterocycles. The molecule has 0 nitrogen and oxygen atoms in total. The van der Waals surface area contributed by atoms with Gasteiger partial charge in [0, 0.05) is 0 Å². The van der Waals surface area contributed by atoms with Crippen LogP contribution in [0.15, 0.2) is 60.7 Å². The van der Waals surface area contributed by atoms with Crippen molar-refractivity contribution in [2.75, 3.05) is 0 Å². The summed E-state index contributed by atoms with van der Waals surface area (Å²) in [6.07, 6.45) is 10.1. The number of hydrogen-bond acceptors (Lipinski definition) is 0. The van der Waals surface area contributed by atoms with Crippen LogP contribution in [0, 0.1) is 0 Å². The van der Waals surface area contributed by atoms with Crippen molar-refractivity contribution in [1.82, 2.24) is 0 Å². The van der Waals surface area contributed by atoms with E-state index >= 15 is 0 Å². The Morgan fingerprint density at radius 3 is 1.54 bits per heavy atom. The van der Waals surface area contributed by atoms with Gasteiger partial charge in [-0.3, -0.25) is 0 Å². The SMILES string of the molecule is C[CH2][Zr]([CH2]C)([CH]1C=Cc2ccccc21)([CH]1C=Cc2ccccc21)=[Si](C)C. The van der Waals surface area contributed by atoms with Crippen LogP contribution in [0.25, 0.3) is 12.2 Å². The van der Waals surface area contributed by atoms with E-state index in [0.717, 1.165) is 0 Å². The zero-order valence-corrected chi connectivity index (χ0v) is 20.0. The molecule has 0 amide bonds. The van der Waals surface area contributed by atoms with Crippen LogP contribution in [-0.2, 0) is 17.4 Å². The van der Waals surface area contributed by atoms with Crippen LogP contribution in [0.2, 0.25) is 21.4 Å². The molecule has 0 heterocycles. The van der Waals surface area contributed by atoms with Crippen LogP contribution in [-0.4, -0.2) is 5.43 Å². The molecule has 2 aliphatic rings. The molecule has 0 spiro atoms. The number of benzene rings is 2. The van der Waals surface area contributed by atoms with E-state index in [9.17, 15) is 0 Å². The summed E-state index contributed by atoms with van der Waals surface area (Å²) in [6.45, 7) is 10.4. The zero-order valence-electron chi connectivity index (χ0n) is 16.5. The first-order valence-corrected chi connectivity index (χ1v) is 22.6. The summed E-state index contributed by atoms with van der Waals surface area (Å²) in [6, 6.07) is 18.4. The van der Waals surface area contributed by atoms with Crippen molar-refractivity contribution in [3.05, 3.63) is 82.9 Å².